The molecule has 3 heterocycles. The molecule has 1 aliphatic heterocycles. The molecule has 0 aliphatic carbocycles. The Balaban J connectivity index is 1.97. The lowest BCUT2D eigenvalue weighted by atomic mass is 10.2. The van der Waals surface area contributed by atoms with Crippen LogP contribution < -0.4 is 0 Å². The molecule has 94 valence electrons. The first-order valence-corrected chi connectivity index (χ1v) is 6.99. The van der Waals surface area contributed by atoms with Crippen LogP contribution in [0.1, 0.15) is 40.7 Å². The number of hydrogen-bond donors (Lipinski definition) is 2. The summed E-state index contributed by atoms with van der Waals surface area (Å²) >= 11 is 1.90. The number of thioether (sulfide) groups is 1. The first-order valence-electron chi connectivity index (χ1n) is 5.94. The number of aromatic carboxylic acids is 1. The summed E-state index contributed by atoms with van der Waals surface area (Å²) in [5, 5.41) is 9.31. The predicted molar refractivity (Wildman–Crippen MR) is 69.9 cm³/mol. The third-order valence-electron chi connectivity index (χ3n) is 3.09. The number of pyridine rings is 1. The van der Waals surface area contributed by atoms with Gasteiger partial charge in [0, 0.05) is 6.20 Å². The van der Waals surface area contributed by atoms with E-state index in [0.29, 0.717) is 16.4 Å². The summed E-state index contributed by atoms with van der Waals surface area (Å²) < 4.78 is 0. The fraction of sp³-hybridized carbons (Fsp3) is 0.417. The third-order valence-corrected chi connectivity index (χ3v) is 4.47. The molecule has 0 bridgehead atoms. The van der Waals surface area contributed by atoms with Crippen LogP contribution in [-0.4, -0.2) is 31.8 Å². The van der Waals surface area contributed by atoms with Gasteiger partial charge in [-0.25, -0.2) is 14.8 Å². The second-order valence-corrected chi connectivity index (χ2v) is 5.69. The van der Waals surface area contributed by atoms with Crippen LogP contribution >= 0.6 is 11.8 Å². The Labute approximate surface area is 108 Å². The number of H-pyrrole nitrogens is 1. The summed E-state index contributed by atoms with van der Waals surface area (Å²) in [5.74, 6) is 1.12. The average molecular weight is 263 g/mol. The zero-order valence-electron chi connectivity index (χ0n) is 9.72. The third kappa shape index (κ3) is 2.08. The van der Waals surface area contributed by atoms with E-state index in [1.807, 2.05) is 11.8 Å². The molecule has 0 amide bonds. The SMILES string of the molecule is O=C(O)c1cnc2nc(C3CCCCS3)[nH]c2c1. The van der Waals surface area contributed by atoms with E-state index in [2.05, 4.69) is 15.0 Å². The number of fused-ring (bicyclic) bond motifs is 1. The van der Waals surface area contributed by atoms with Crippen molar-refractivity contribution in [2.24, 2.45) is 0 Å². The van der Waals surface area contributed by atoms with Crippen molar-refractivity contribution in [1.29, 1.82) is 0 Å². The molecule has 0 radical (unpaired) electrons. The van der Waals surface area contributed by atoms with Crippen LogP contribution in [0.2, 0.25) is 0 Å². The second-order valence-electron chi connectivity index (χ2n) is 4.38. The highest BCUT2D eigenvalue weighted by Gasteiger charge is 2.20. The van der Waals surface area contributed by atoms with E-state index in [4.69, 9.17) is 5.11 Å². The fourth-order valence-corrected chi connectivity index (χ4v) is 3.40. The number of hydrogen-bond acceptors (Lipinski definition) is 4. The molecular weight excluding hydrogens is 250 g/mol. The molecule has 5 nitrogen and oxygen atoms in total. The van der Waals surface area contributed by atoms with Gasteiger partial charge in [-0.1, -0.05) is 6.42 Å². The van der Waals surface area contributed by atoms with Crippen LogP contribution in [0, 0.1) is 0 Å². The van der Waals surface area contributed by atoms with Crippen molar-refractivity contribution in [3.8, 4) is 0 Å². The van der Waals surface area contributed by atoms with Gasteiger partial charge >= 0.3 is 5.97 Å². The first kappa shape index (κ1) is 11.5. The minimum Gasteiger partial charge on any atom is -0.478 e. The topological polar surface area (TPSA) is 78.9 Å². The highest BCUT2D eigenvalue weighted by atomic mass is 32.2. The van der Waals surface area contributed by atoms with Crippen LogP contribution in [0.25, 0.3) is 11.2 Å². The van der Waals surface area contributed by atoms with E-state index in [1.54, 1.807) is 6.07 Å². The molecule has 1 saturated heterocycles. The highest BCUT2D eigenvalue weighted by molar-refractivity contribution is 7.99. The Morgan fingerprint density at radius 1 is 1.50 bits per heavy atom. The van der Waals surface area contributed by atoms with E-state index in [9.17, 15) is 4.79 Å². The number of aromatic nitrogens is 3. The Kier molecular flexibility index (Phi) is 2.95. The van der Waals surface area contributed by atoms with Gasteiger partial charge in [0.15, 0.2) is 5.65 Å². The van der Waals surface area contributed by atoms with E-state index in [-0.39, 0.29) is 5.56 Å². The number of aromatic amines is 1. The molecule has 0 aromatic carbocycles. The van der Waals surface area contributed by atoms with Gasteiger partial charge in [0.25, 0.3) is 0 Å². The number of nitrogens with zero attached hydrogens (tertiary/aromatic N) is 2. The zero-order valence-corrected chi connectivity index (χ0v) is 10.5. The summed E-state index contributed by atoms with van der Waals surface area (Å²) in [6.07, 6.45) is 4.96. The Morgan fingerprint density at radius 2 is 2.39 bits per heavy atom. The minimum absolute atomic E-state index is 0.189. The van der Waals surface area contributed by atoms with Crippen molar-refractivity contribution in [1.82, 2.24) is 15.0 Å². The maximum atomic E-state index is 10.9. The zero-order chi connectivity index (χ0) is 12.5. The Bertz CT molecular complexity index is 590. The monoisotopic (exact) mass is 263 g/mol. The maximum absolute atomic E-state index is 10.9. The van der Waals surface area contributed by atoms with Crippen molar-refractivity contribution in [2.75, 3.05) is 5.75 Å². The summed E-state index contributed by atoms with van der Waals surface area (Å²) in [6, 6.07) is 1.59. The Morgan fingerprint density at radius 3 is 3.11 bits per heavy atom. The van der Waals surface area contributed by atoms with Crippen LogP contribution in [0.15, 0.2) is 12.3 Å². The van der Waals surface area contributed by atoms with Gasteiger partial charge in [-0.2, -0.15) is 11.8 Å². The highest BCUT2D eigenvalue weighted by Crippen LogP contribution is 2.37. The summed E-state index contributed by atoms with van der Waals surface area (Å²) in [6.45, 7) is 0. The molecule has 2 N–H and O–H groups in total. The average Bonchev–Trinajstić information content (AvgIpc) is 2.82. The smallest absolute Gasteiger partial charge is 0.337 e. The molecule has 18 heavy (non-hydrogen) atoms. The van der Waals surface area contributed by atoms with Crippen LogP contribution in [0.4, 0.5) is 0 Å². The Hall–Kier alpha value is -1.56. The van der Waals surface area contributed by atoms with E-state index < -0.39 is 5.97 Å². The van der Waals surface area contributed by atoms with Gasteiger partial charge in [0.2, 0.25) is 0 Å². The summed E-state index contributed by atoms with van der Waals surface area (Å²) in [4.78, 5) is 22.6. The second kappa shape index (κ2) is 4.61. The van der Waals surface area contributed by atoms with Gasteiger partial charge in [-0.3, -0.25) is 0 Å². The predicted octanol–water partition coefficient (Wildman–Crippen LogP) is 2.61. The molecule has 1 atom stereocenters. The van der Waals surface area contributed by atoms with Crippen molar-refractivity contribution in [2.45, 2.75) is 24.5 Å². The molecule has 0 saturated carbocycles. The van der Waals surface area contributed by atoms with Gasteiger partial charge in [-0.05, 0) is 24.7 Å². The van der Waals surface area contributed by atoms with Crippen molar-refractivity contribution < 1.29 is 9.90 Å². The quantitative estimate of drug-likeness (QED) is 0.870. The van der Waals surface area contributed by atoms with Crippen LogP contribution in [0.5, 0.6) is 0 Å². The molecule has 1 fully saturated rings. The van der Waals surface area contributed by atoms with Gasteiger partial charge in [-0.15, -0.1) is 0 Å². The molecule has 3 rings (SSSR count). The molecule has 1 aliphatic rings. The molecular formula is C12H13N3O2S. The van der Waals surface area contributed by atoms with Crippen molar-refractivity contribution in [3.63, 3.8) is 0 Å². The lowest BCUT2D eigenvalue weighted by molar-refractivity contribution is 0.0696. The lowest BCUT2D eigenvalue weighted by Gasteiger charge is -2.18. The molecule has 6 heteroatoms. The maximum Gasteiger partial charge on any atom is 0.337 e. The van der Waals surface area contributed by atoms with Crippen LogP contribution in [-0.2, 0) is 0 Å². The number of imidazole rings is 1. The number of carboxylic acids is 1. The number of carbonyl (C=O) groups is 1. The van der Waals surface area contributed by atoms with Gasteiger partial charge in [0.1, 0.15) is 5.82 Å². The van der Waals surface area contributed by atoms with E-state index >= 15 is 0 Å². The van der Waals surface area contributed by atoms with Crippen molar-refractivity contribution in [3.05, 3.63) is 23.7 Å². The number of rotatable bonds is 2. The van der Waals surface area contributed by atoms with E-state index in [0.717, 1.165) is 18.0 Å². The minimum atomic E-state index is -0.965. The molecule has 1 unspecified atom stereocenters. The summed E-state index contributed by atoms with van der Waals surface area (Å²) in [7, 11) is 0. The molecule has 0 spiro atoms. The largest absolute Gasteiger partial charge is 0.478 e. The first-order chi connectivity index (χ1) is 8.74. The normalized spacial score (nSPS) is 20.1. The number of carboxylic acid groups (broad SMARTS) is 1. The van der Waals surface area contributed by atoms with Gasteiger partial charge in [0.05, 0.1) is 16.3 Å². The standard InChI is InChI=1S/C12H13N3O2S/c16-12(17)7-5-8-10(13-6-7)15-11(14-8)9-3-1-2-4-18-9/h5-6,9H,1-4H2,(H,16,17)(H,13,14,15). The van der Waals surface area contributed by atoms with Crippen molar-refractivity contribution >= 4 is 28.9 Å². The van der Waals surface area contributed by atoms with Crippen LogP contribution in [0.3, 0.4) is 0 Å². The molecule has 2 aromatic heterocycles. The fourth-order valence-electron chi connectivity index (χ4n) is 2.14. The lowest BCUT2D eigenvalue weighted by Crippen LogP contribution is -2.03. The molecule has 2 aromatic rings. The number of nitrogens with one attached hydrogen (secondary N) is 1. The summed E-state index contributed by atoms with van der Waals surface area (Å²) in [5.41, 5.74) is 1.49. The van der Waals surface area contributed by atoms with Gasteiger partial charge < -0.3 is 10.1 Å². The van der Waals surface area contributed by atoms with E-state index in [1.165, 1.54) is 19.0 Å².